The molecule has 0 atom stereocenters. The van der Waals surface area contributed by atoms with Gasteiger partial charge in [-0.15, -0.1) is 0 Å². The Hall–Kier alpha value is -2.73. The molecule has 2 fully saturated rings. The molecule has 0 bridgehead atoms. The molecule has 0 unspecified atom stereocenters. The first kappa shape index (κ1) is 22.5. The van der Waals surface area contributed by atoms with Gasteiger partial charge in [0, 0.05) is 24.2 Å². The second-order valence-corrected chi connectivity index (χ2v) is 9.03. The number of hydrogen-bond donors (Lipinski definition) is 2. The lowest BCUT2D eigenvalue weighted by molar-refractivity contribution is -0.127. The molecule has 1 aliphatic heterocycles. The van der Waals surface area contributed by atoms with E-state index in [1.54, 1.807) is 12.1 Å². The first-order valence-electron chi connectivity index (χ1n) is 11.8. The van der Waals surface area contributed by atoms with Crippen molar-refractivity contribution in [3.05, 3.63) is 65.5 Å². The van der Waals surface area contributed by atoms with Gasteiger partial charge in [0.1, 0.15) is 5.82 Å². The molecule has 1 aliphatic carbocycles. The van der Waals surface area contributed by atoms with Crippen LogP contribution in [0.4, 0.5) is 10.1 Å². The van der Waals surface area contributed by atoms with Crippen LogP contribution >= 0.6 is 0 Å². The lowest BCUT2D eigenvalue weighted by atomic mass is 9.92. The van der Waals surface area contributed by atoms with Gasteiger partial charge >= 0.3 is 0 Å². The van der Waals surface area contributed by atoms with Crippen LogP contribution in [0.1, 0.15) is 60.9 Å². The van der Waals surface area contributed by atoms with Crippen LogP contribution < -0.4 is 10.6 Å². The fraction of sp³-hybridized carbons (Fsp3) is 0.462. The van der Waals surface area contributed by atoms with Crippen LogP contribution in [0.2, 0.25) is 0 Å². The number of anilines is 1. The summed E-state index contributed by atoms with van der Waals surface area (Å²) in [6, 6.07) is 14.0. The normalized spacial score (nSPS) is 18.3. The van der Waals surface area contributed by atoms with Gasteiger partial charge in [0.2, 0.25) is 5.91 Å². The van der Waals surface area contributed by atoms with E-state index in [4.69, 9.17) is 0 Å². The van der Waals surface area contributed by atoms with Crippen molar-refractivity contribution in [1.82, 2.24) is 10.2 Å². The molecule has 4 rings (SSSR count). The van der Waals surface area contributed by atoms with Gasteiger partial charge < -0.3 is 10.6 Å². The van der Waals surface area contributed by atoms with Gasteiger partial charge in [0.25, 0.3) is 5.91 Å². The zero-order chi connectivity index (χ0) is 22.3. The average Bonchev–Trinajstić information content (AvgIpc) is 2.81. The molecule has 5 nitrogen and oxygen atoms in total. The minimum Gasteiger partial charge on any atom is -0.353 e. The van der Waals surface area contributed by atoms with E-state index in [0.717, 1.165) is 50.9 Å². The molecule has 2 aliphatic rings. The van der Waals surface area contributed by atoms with Crippen LogP contribution in [0.15, 0.2) is 48.5 Å². The third-order valence-corrected chi connectivity index (χ3v) is 6.62. The number of piperidine rings is 1. The van der Waals surface area contributed by atoms with Gasteiger partial charge in [0.05, 0.1) is 5.56 Å². The van der Waals surface area contributed by atoms with Crippen LogP contribution in [0.5, 0.6) is 0 Å². The monoisotopic (exact) mass is 437 g/mol. The molecule has 2 N–H and O–H groups in total. The minimum atomic E-state index is -0.531. The molecule has 170 valence electrons. The highest BCUT2D eigenvalue weighted by Crippen LogP contribution is 2.23. The minimum absolute atomic E-state index is 0.0338. The van der Waals surface area contributed by atoms with Crippen LogP contribution in [-0.2, 0) is 11.3 Å². The summed E-state index contributed by atoms with van der Waals surface area (Å²) in [7, 11) is 0. The maximum atomic E-state index is 13.9. The van der Waals surface area contributed by atoms with Crippen molar-refractivity contribution in [3.63, 3.8) is 0 Å². The molecule has 1 heterocycles. The first-order chi connectivity index (χ1) is 15.6. The highest BCUT2D eigenvalue weighted by molar-refractivity contribution is 6.04. The molecule has 2 aromatic carbocycles. The zero-order valence-electron chi connectivity index (χ0n) is 18.5. The van der Waals surface area contributed by atoms with Crippen molar-refractivity contribution in [2.24, 2.45) is 5.92 Å². The predicted octanol–water partition coefficient (Wildman–Crippen LogP) is 4.74. The van der Waals surface area contributed by atoms with Crippen LogP contribution in [0.25, 0.3) is 0 Å². The SMILES string of the molecule is O=C(Nc1cccc(CN2CCC(C(=O)NC3CCCCC3)CC2)c1)c1ccccc1F. The number of nitrogens with one attached hydrogen (secondary N) is 2. The molecule has 2 amide bonds. The van der Waals surface area contributed by atoms with Crippen LogP contribution in [0.3, 0.4) is 0 Å². The Morgan fingerprint density at radius 1 is 0.938 bits per heavy atom. The fourth-order valence-corrected chi connectivity index (χ4v) is 4.77. The van der Waals surface area contributed by atoms with Gasteiger partial charge in [-0.25, -0.2) is 4.39 Å². The average molecular weight is 438 g/mol. The summed E-state index contributed by atoms with van der Waals surface area (Å²) in [5.74, 6) is -0.643. The Kier molecular flexibility index (Phi) is 7.53. The van der Waals surface area contributed by atoms with E-state index in [0.29, 0.717) is 11.7 Å². The van der Waals surface area contributed by atoms with Crippen molar-refractivity contribution in [1.29, 1.82) is 0 Å². The van der Waals surface area contributed by atoms with E-state index in [1.807, 2.05) is 24.3 Å². The molecule has 1 saturated heterocycles. The van der Waals surface area contributed by atoms with E-state index in [2.05, 4.69) is 15.5 Å². The standard InChI is InChI=1S/C26H32FN3O2/c27-24-12-5-4-11-23(24)26(32)29-22-10-6-7-19(17-22)18-30-15-13-20(14-16-30)25(31)28-21-8-2-1-3-9-21/h4-7,10-12,17,20-21H,1-3,8-9,13-16,18H2,(H,28,31)(H,29,32). The summed E-state index contributed by atoms with van der Waals surface area (Å²) in [6.45, 7) is 2.53. The van der Waals surface area contributed by atoms with Crippen molar-refractivity contribution in [2.75, 3.05) is 18.4 Å². The molecule has 6 heteroatoms. The summed E-state index contributed by atoms with van der Waals surface area (Å²) in [5, 5.41) is 6.06. The fourth-order valence-electron chi connectivity index (χ4n) is 4.77. The number of hydrogen-bond acceptors (Lipinski definition) is 3. The Morgan fingerprint density at radius 2 is 1.69 bits per heavy atom. The topological polar surface area (TPSA) is 61.4 Å². The summed E-state index contributed by atoms with van der Waals surface area (Å²) >= 11 is 0. The highest BCUT2D eigenvalue weighted by atomic mass is 19.1. The quantitative estimate of drug-likeness (QED) is 0.686. The molecular formula is C26H32FN3O2. The van der Waals surface area contributed by atoms with Crippen molar-refractivity contribution < 1.29 is 14.0 Å². The lowest BCUT2D eigenvalue weighted by Crippen LogP contribution is -2.44. The van der Waals surface area contributed by atoms with Crippen molar-refractivity contribution >= 4 is 17.5 Å². The maximum absolute atomic E-state index is 13.9. The summed E-state index contributed by atoms with van der Waals surface area (Å²) < 4.78 is 13.9. The lowest BCUT2D eigenvalue weighted by Gasteiger charge is -2.32. The highest BCUT2D eigenvalue weighted by Gasteiger charge is 2.27. The molecule has 0 radical (unpaired) electrons. The third kappa shape index (κ3) is 5.94. The number of nitrogens with zero attached hydrogens (tertiary/aromatic N) is 1. The zero-order valence-corrected chi connectivity index (χ0v) is 18.5. The van der Waals surface area contributed by atoms with Gasteiger partial charge in [0.15, 0.2) is 0 Å². The Bertz CT molecular complexity index is 934. The number of halogens is 1. The summed E-state index contributed by atoms with van der Waals surface area (Å²) in [5.41, 5.74) is 1.77. The number of benzene rings is 2. The van der Waals surface area contributed by atoms with Crippen LogP contribution in [0, 0.1) is 11.7 Å². The Balaban J connectivity index is 1.27. The third-order valence-electron chi connectivity index (χ3n) is 6.62. The first-order valence-corrected chi connectivity index (χ1v) is 11.8. The van der Waals surface area contributed by atoms with Gasteiger partial charge in [-0.1, -0.05) is 43.5 Å². The summed E-state index contributed by atoms with van der Waals surface area (Å²) in [6.07, 6.45) is 7.73. The molecule has 1 saturated carbocycles. The number of likely N-dealkylation sites (tertiary alicyclic amines) is 1. The molecule has 32 heavy (non-hydrogen) atoms. The number of carbonyl (C=O) groups excluding carboxylic acids is 2. The van der Waals surface area contributed by atoms with E-state index < -0.39 is 11.7 Å². The van der Waals surface area contributed by atoms with Gasteiger partial charge in [-0.2, -0.15) is 0 Å². The smallest absolute Gasteiger partial charge is 0.258 e. The van der Waals surface area contributed by atoms with Gasteiger partial charge in [-0.05, 0) is 68.6 Å². The second-order valence-electron chi connectivity index (χ2n) is 9.03. The molecule has 0 aromatic heterocycles. The van der Waals surface area contributed by atoms with Gasteiger partial charge in [-0.3, -0.25) is 14.5 Å². The van der Waals surface area contributed by atoms with E-state index >= 15 is 0 Å². The largest absolute Gasteiger partial charge is 0.353 e. The number of rotatable bonds is 6. The van der Waals surface area contributed by atoms with E-state index in [-0.39, 0.29) is 17.4 Å². The van der Waals surface area contributed by atoms with E-state index in [9.17, 15) is 14.0 Å². The molecular weight excluding hydrogens is 405 g/mol. The Morgan fingerprint density at radius 3 is 2.44 bits per heavy atom. The maximum Gasteiger partial charge on any atom is 0.258 e. The van der Waals surface area contributed by atoms with Crippen LogP contribution in [-0.4, -0.2) is 35.8 Å². The van der Waals surface area contributed by atoms with Crippen molar-refractivity contribution in [3.8, 4) is 0 Å². The van der Waals surface area contributed by atoms with Crippen molar-refractivity contribution in [2.45, 2.75) is 57.5 Å². The second kappa shape index (κ2) is 10.7. The predicted molar refractivity (Wildman–Crippen MR) is 124 cm³/mol. The van der Waals surface area contributed by atoms with E-state index in [1.165, 1.54) is 31.4 Å². The Labute approximate surface area is 189 Å². The molecule has 0 spiro atoms. The molecule has 2 aromatic rings. The summed E-state index contributed by atoms with van der Waals surface area (Å²) in [4.78, 5) is 27.4. The number of amides is 2. The number of carbonyl (C=O) groups is 2.